The number of carbonyl (C=O) groups is 1. The van der Waals surface area contributed by atoms with Gasteiger partial charge in [-0.3, -0.25) is 0 Å². The van der Waals surface area contributed by atoms with Crippen molar-refractivity contribution in [1.82, 2.24) is 5.01 Å². The zero-order valence-electron chi connectivity index (χ0n) is 7.18. The maximum atomic E-state index is 10.3. The molecule has 0 unspecified atom stereocenters. The van der Waals surface area contributed by atoms with E-state index in [0.29, 0.717) is 13.0 Å². The lowest BCUT2D eigenvalue weighted by Crippen LogP contribution is -2.37. The van der Waals surface area contributed by atoms with Gasteiger partial charge < -0.3 is 5.11 Å². The molecule has 4 heteroatoms. The number of carboxylic acid groups (broad SMARTS) is 1. The Kier molecular flexibility index (Phi) is 3.28. The van der Waals surface area contributed by atoms with Gasteiger partial charge in [0.15, 0.2) is 0 Å². The van der Waals surface area contributed by atoms with E-state index in [0.717, 1.165) is 10.6 Å². The predicted octanol–water partition coefficient (Wildman–Crippen LogP) is 1.08. The summed E-state index contributed by atoms with van der Waals surface area (Å²) in [5.74, 6) is 5.20. The molecule has 0 atom stereocenters. The third kappa shape index (κ3) is 3.13. The molecular formula is C9H12N2O2. The van der Waals surface area contributed by atoms with Gasteiger partial charge in [0.2, 0.25) is 0 Å². The highest BCUT2D eigenvalue weighted by molar-refractivity contribution is 5.63. The van der Waals surface area contributed by atoms with Crippen LogP contribution in [-0.4, -0.2) is 22.8 Å². The molecule has 0 aromatic heterocycles. The van der Waals surface area contributed by atoms with Crippen LogP contribution in [0.15, 0.2) is 30.3 Å². The predicted molar refractivity (Wildman–Crippen MR) is 49.1 cm³/mol. The van der Waals surface area contributed by atoms with Crippen LogP contribution in [0.5, 0.6) is 0 Å². The van der Waals surface area contributed by atoms with Crippen molar-refractivity contribution in [1.29, 1.82) is 0 Å². The smallest absolute Gasteiger partial charge is 0.421 e. The summed E-state index contributed by atoms with van der Waals surface area (Å²) >= 11 is 0. The van der Waals surface area contributed by atoms with Gasteiger partial charge in [-0.1, -0.05) is 30.3 Å². The van der Waals surface area contributed by atoms with E-state index in [2.05, 4.69) is 0 Å². The first-order chi connectivity index (χ1) is 6.20. The number of benzene rings is 1. The van der Waals surface area contributed by atoms with E-state index in [9.17, 15) is 4.79 Å². The molecule has 70 valence electrons. The molecule has 0 heterocycles. The molecule has 3 N–H and O–H groups in total. The summed E-state index contributed by atoms with van der Waals surface area (Å²) < 4.78 is 0. The van der Waals surface area contributed by atoms with Crippen LogP contribution < -0.4 is 5.84 Å². The Labute approximate surface area is 76.6 Å². The van der Waals surface area contributed by atoms with Gasteiger partial charge in [-0.25, -0.2) is 15.6 Å². The van der Waals surface area contributed by atoms with Crippen molar-refractivity contribution in [3.8, 4) is 0 Å². The summed E-state index contributed by atoms with van der Waals surface area (Å²) in [4.78, 5) is 10.3. The third-order valence-electron chi connectivity index (χ3n) is 1.73. The summed E-state index contributed by atoms with van der Waals surface area (Å²) in [6.07, 6.45) is -0.458. The van der Waals surface area contributed by atoms with Crippen molar-refractivity contribution < 1.29 is 9.90 Å². The number of hydrazine groups is 1. The lowest BCUT2D eigenvalue weighted by atomic mass is 10.1. The second-order valence-electron chi connectivity index (χ2n) is 2.71. The number of amides is 1. The van der Waals surface area contributed by atoms with Gasteiger partial charge in [-0.05, 0) is 12.0 Å². The summed E-state index contributed by atoms with van der Waals surface area (Å²) in [5, 5.41) is 9.25. The Bertz CT molecular complexity index is 274. The largest absolute Gasteiger partial charge is 0.464 e. The summed E-state index contributed by atoms with van der Waals surface area (Å²) in [6.45, 7) is 0.319. The lowest BCUT2D eigenvalue weighted by molar-refractivity contribution is 0.146. The van der Waals surface area contributed by atoms with E-state index in [1.54, 1.807) is 0 Å². The van der Waals surface area contributed by atoms with Crippen LogP contribution in [0.4, 0.5) is 4.79 Å². The average molecular weight is 180 g/mol. The summed E-state index contributed by atoms with van der Waals surface area (Å²) in [7, 11) is 0. The van der Waals surface area contributed by atoms with Crippen molar-refractivity contribution in [3.63, 3.8) is 0 Å². The molecule has 13 heavy (non-hydrogen) atoms. The quantitative estimate of drug-likeness (QED) is 0.415. The second-order valence-corrected chi connectivity index (χ2v) is 2.71. The topological polar surface area (TPSA) is 66.6 Å². The minimum Gasteiger partial charge on any atom is -0.464 e. The van der Waals surface area contributed by atoms with Crippen LogP contribution in [0.3, 0.4) is 0 Å². The molecule has 0 spiro atoms. The van der Waals surface area contributed by atoms with Gasteiger partial charge in [-0.2, -0.15) is 0 Å². The second kappa shape index (κ2) is 4.47. The standard InChI is InChI=1S/C9H12N2O2/c10-11(9(12)13)7-6-8-4-2-1-3-5-8/h1-5H,6-7,10H2,(H,12,13). The summed E-state index contributed by atoms with van der Waals surface area (Å²) in [6, 6.07) is 9.63. The fraction of sp³-hybridized carbons (Fsp3) is 0.222. The fourth-order valence-electron chi connectivity index (χ4n) is 0.990. The van der Waals surface area contributed by atoms with E-state index in [1.807, 2.05) is 30.3 Å². The molecular weight excluding hydrogens is 168 g/mol. The molecule has 4 nitrogen and oxygen atoms in total. The van der Waals surface area contributed by atoms with Gasteiger partial charge in [0.1, 0.15) is 0 Å². The number of nitrogens with two attached hydrogens (primary N) is 1. The van der Waals surface area contributed by atoms with Crippen LogP contribution in [0.2, 0.25) is 0 Å². The number of rotatable bonds is 3. The molecule has 1 aromatic carbocycles. The first kappa shape index (κ1) is 9.54. The van der Waals surface area contributed by atoms with Crippen molar-refractivity contribution in [2.24, 2.45) is 5.84 Å². The fourth-order valence-corrected chi connectivity index (χ4v) is 0.990. The van der Waals surface area contributed by atoms with Gasteiger partial charge in [0, 0.05) is 6.54 Å². The first-order valence-electron chi connectivity index (χ1n) is 3.99. The molecule has 0 saturated heterocycles. The molecule has 0 aliphatic heterocycles. The number of hydrogen-bond acceptors (Lipinski definition) is 2. The highest BCUT2D eigenvalue weighted by Crippen LogP contribution is 1.99. The Morgan fingerprint density at radius 3 is 2.54 bits per heavy atom. The minimum atomic E-state index is -1.10. The zero-order chi connectivity index (χ0) is 9.68. The monoisotopic (exact) mass is 180 g/mol. The molecule has 0 bridgehead atoms. The van der Waals surface area contributed by atoms with Crippen molar-refractivity contribution >= 4 is 6.09 Å². The number of hydrogen-bond donors (Lipinski definition) is 2. The van der Waals surface area contributed by atoms with E-state index >= 15 is 0 Å². The Hall–Kier alpha value is -1.55. The SMILES string of the molecule is NN(CCc1ccccc1)C(=O)O. The molecule has 0 saturated carbocycles. The van der Waals surface area contributed by atoms with Crippen LogP contribution >= 0.6 is 0 Å². The zero-order valence-corrected chi connectivity index (χ0v) is 7.18. The van der Waals surface area contributed by atoms with Crippen molar-refractivity contribution in [2.75, 3.05) is 6.54 Å². The van der Waals surface area contributed by atoms with Crippen molar-refractivity contribution in [3.05, 3.63) is 35.9 Å². The van der Waals surface area contributed by atoms with Gasteiger partial charge in [0.25, 0.3) is 0 Å². The molecule has 0 aliphatic carbocycles. The molecule has 1 rings (SSSR count). The molecule has 1 aromatic rings. The van der Waals surface area contributed by atoms with E-state index < -0.39 is 6.09 Å². The van der Waals surface area contributed by atoms with Crippen LogP contribution in [0.25, 0.3) is 0 Å². The van der Waals surface area contributed by atoms with Crippen LogP contribution in [0.1, 0.15) is 5.56 Å². The Morgan fingerprint density at radius 2 is 2.00 bits per heavy atom. The van der Waals surface area contributed by atoms with Gasteiger partial charge >= 0.3 is 6.09 Å². The summed E-state index contributed by atoms with van der Waals surface area (Å²) in [5.41, 5.74) is 1.08. The molecule has 0 fully saturated rings. The van der Waals surface area contributed by atoms with Crippen LogP contribution in [0, 0.1) is 0 Å². The highest BCUT2D eigenvalue weighted by Gasteiger charge is 2.04. The molecule has 1 amide bonds. The molecule has 0 aliphatic rings. The highest BCUT2D eigenvalue weighted by atomic mass is 16.4. The Morgan fingerprint density at radius 1 is 1.38 bits per heavy atom. The van der Waals surface area contributed by atoms with Crippen LogP contribution in [-0.2, 0) is 6.42 Å². The minimum absolute atomic E-state index is 0.319. The Balaban J connectivity index is 2.39. The van der Waals surface area contributed by atoms with Gasteiger partial charge in [0.05, 0.1) is 0 Å². The van der Waals surface area contributed by atoms with E-state index in [1.165, 1.54) is 0 Å². The number of nitrogens with zero attached hydrogens (tertiary/aromatic N) is 1. The first-order valence-corrected chi connectivity index (χ1v) is 3.99. The third-order valence-corrected chi connectivity index (χ3v) is 1.73. The van der Waals surface area contributed by atoms with E-state index in [-0.39, 0.29) is 0 Å². The normalized spacial score (nSPS) is 9.62. The molecule has 0 radical (unpaired) electrons. The lowest BCUT2D eigenvalue weighted by Gasteiger charge is -2.11. The van der Waals surface area contributed by atoms with E-state index in [4.69, 9.17) is 10.9 Å². The maximum absolute atomic E-state index is 10.3. The van der Waals surface area contributed by atoms with Crippen molar-refractivity contribution in [2.45, 2.75) is 6.42 Å². The van der Waals surface area contributed by atoms with Gasteiger partial charge in [-0.15, -0.1) is 0 Å². The average Bonchev–Trinajstić information content (AvgIpc) is 2.15. The maximum Gasteiger partial charge on any atom is 0.421 e.